The maximum atomic E-state index is 10.4. The highest BCUT2D eigenvalue weighted by Gasteiger charge is 2.07. The van der Waals surface area contributed by atoms with Crippen molar-refractivity contribution in [3.63, 3.8) is 0 Å². The van der Waals surface area contributed by atoms with Gasteiger partial charge in [0.15, 0.2) is 5.65 Å². The van der Waals surface area contributed by atoms with Crippen LogP contribution in [0.1, 0.15) is 0 Å². The first-order chi connectivity index (χ1) is 6.16. The van der Waals surface area contributed by atoms with Crippen molar-refractivity contribution in [3.8, 4) is 0 Å². The predicted octanol–water partition coefficient (Wildman–Crippen LogP) is 1.40. The summed E-state index contributed by atoms with van der Waals surface area (Å²) in [5.74, 6) is 0. The van der Waals surface area contributed by atoms with Crippen LogP contribution in [0.2, 0.25) is 0 Å². The Morgan fingerprint density at radius 1 is 1.54 bits per heavy atom. The van der Waals surface area contributed by atoms with E-state index >= 15 is 0 Å². The molecule has 6 nitrogen and oxygen atoms in total. The van der Waals surface area contributed by atoms with Crippen LogP contribution in [0.25, 0.3) is 5.65 Å². The van der Waals surface area contributed by atoms with E-state index in [9.17, 15) is 10.1 Å². The molecular formula is C6H3BrN4O2. The normalized spacial score (nSPS) is 10.5. The number of nitrogens with zero attached hydrogens (tertiary/aromatic N) is 4. The van der Waals surface area contributed by atoms with Gasteiger partial charge in [-0.2, -0.15) is 0 Å². The predicted molar refractivity (Wildman–Crippen MR) is 47.3 cm³/mol. The summed E-state index contributed by atoms with van der Waals surface area (Å²) in [4.78, 5) is 13.9. The number of aromatic nitrogens is 3. The van der Waals surface area contributed by atoms with E-state index in [1.54, 1.807) is 0 Å². The van der Waals surface area contributed by atoms with Crippen molar-refractivity contribution in [2.45, 2.75) is 0 Å². The average molecular weight is 243 g/mol. The van der Waals surface area contributed by atoms with Gasteiger partial charge in [-0.25, -0.2) is 9.50 Å². The fourth-order valence-corrected chi connectivity index (χ4v) is 1.31. The molecule has 2 aromatic rings. The lowest BCUT2D eigenvalue weighted by Crippen LogP contribution is -1.92. The maximum absolute atomic E-state index is 10.4. The van der Waals surface area contributed by atoms with E-state index in [1.807, 2.05) is 0 Å². The largest absolute Gasteiger partial charge is 0.287 e. The maximum Gasteiger partial charge on any atom is 0.287 e. The minimum Gasteiger partial charge on any atom is -0.258 e. The van der Waals surface area contributed by atoms with Crippen molar-refractivity contribution in [1.29, 1.82) is 0 Å². The number of nitro groups is 1. The van der Waals surface area contributed by atoms with Gasteiger partial charge in [-0.3, -0.25) is 10.1 Å². The Bertz CT molecular complexity index is 480. The lowest BCUT2D eigenvalue weighted by Gasteiger charge is -1.90. The third-order valence-corrected chi connectivity index (χ3v) is 1.84. The molecule has 13 heavy (non-hydrogen) atoms. The lowest BCUT2D eigenvalue weighted by molar-refractivity contribution is -0.385. The quantitative estimate of drug-likeness (QED) is 0.560. The van der Waals surface area contributed by atoms with Crippen LogP contribution < -0.4 is 0 Å². The fourth-order valence-electron chi connectivity index (χ4n) is 0.953. The molecular weight excluding hydrogens is 240 g/mol. The summed E-state index contributed by atoms with van der Waals surface area (Å²) in [5, 5.41) is 14.3. The van der Waals surface area contributed by atoms with Crippen molar-refractivity contribution in [2.75, 3.05) is 0 Å². The molecule has 0 radical (unpaired) electrons. The highest BCUT2D eigenvalue weighted by molar-refractivity contribution is 9.10. The van der Waals surface area contributed by atoms with Gasteiger partial charge in [-0.05, 0) is 22.0 Å². The van der Waals surface area contributed by atoms with E-state index in [2.05, 4.69) is 26.0 Å². The number of fused-ring (bicyclic) bond motifs is 1. The summed E-state index contributed by atoms with van der Waals surface area (Å²) in [7, 11) is 0. The van der Waals surface area contributed by atoms with Crippen LogP contribution in [-0.4, -0.2) is 19.5 Å². The summed E-state index contributed by atoms with van der Waals surface area (Å²) in [6.07, 6.45) is 1.31. The first-order valence-electron chi connectivity index (χ1n) is 3.33. The molecule has 0 unspecified atom stereocenters. The number of halogens is 1. The molecule has 2 heterocycles. The second-order valence-electron chi connectivity index (χ2n) is 2.33. The minimum absolute atomic E-state index is 0.00935. The zero-order valence-electron chi connectivity index (χ0n) is 6.22. The van der Waals surface area contributed by atoms with Crippen molar-refractivity contribution < 1.29 is 4.92 Å². The molecule has 0 atom stereocenters. The Morgan fingerprint density at radius 3 is 3.00 bits per heavy atom. The molecule has 66 valence electrons. The smallest absolute Gasteiger partial charge is 0.258 e. The second-order valence-corrected chi connectivity index (χ2v) is 3.04. The topological polar surface area (TPSA) is 73.3 Å². The summed E-state index contributed by atoms with van der Waals surface area (Å²) < 4.78 is 1.76. The van der Waals surface area contributed by atoms with Crippen LogP contribution >= 0.6 is 15.9 Å². The zero-order valence-corrected chi connectivity index (χ0v) is 7.80. The molecule has 0 saturated heterocycles. The summed E-state index contributed by atoms with van der Waals surface area (Å²) in [5.41, 5.74) is 0.558. The molecule has 0 bridgehead atoms. The molecule has 0 aliphatic heterocycles. The Morgan fingerprint density at radius 2 is 2.31 bits per heavy atom. The second kappa shape index (κ2) is 2.77. The fraction of sp³-hybridized carbons (Fsp3) is 0. The van der Waals surface area contributed by atoms with Crippen LogP contribution in [0.3, 0.4) is 0 Å². The number of pyridine rings is 1. The van der Waals surface area contributed by atoms with E-state index < -0.39 is 4.92 Å². The number of rotatable bonds is 1. The first kappa shape index (κ1) is 8.11. The Hall–Kier alpha value is -1.50. The first-order valence-corrected chi connectivity index (χ1v) is 4.12. The average Bonchev–Trinajstić information content (AvgIpc) is 2.42. The molecule has 0 aliphatic rings. The number of hydrogen-bond donors (Lipinski definition) is 0. The van der Waals surface area contributed by atoms with E-state index in [1.165, 1.54) is 22.8 Å². The molecule has 0 fully saturated rings. The van der Waals surface area contributed by atoms with Gasteiger partial charge >= 0.3 is 0 Å². The Labute approximate surface area is 80.5 Å². The van der Waals surface area contributed by atoms with Gasteiger partial charge in [0.05, 0.1) is 4.92 Å². The molecule has 2 aromatic heterocycles. The van der Waals surface area contributed by atoms with Crippen molar-refractivity contribution >= 4 is 27.3 Å². The Kier molecular flexibility index (Phi) is 1.73. The van der Waals surface area contributed by atoms with Gasteiger partial charge in [-0.15, -0.1) is 5.10 Å². The van der Waals surface area contributed by atoms with Crippen LogP contribution in [0, 0.1) is 10.1 Å². The van der Waals surface area contributed by atoms with Crippen molar-refractivity contribution in [1.82, 2.24) is 14.6 Å². The van der Waals surface area contributed by atoms with Crippen LogP contribution in [0.5, 0.6) is 0 Å². The van der Waals surface area contributed by atoms with Crippen molar-refractivity contribution in [3.05, 3.63) is 33.2 Å². The Balaban J connectivity index is 2.67. The molecule has 2 rings (SSSR count). The van der Waals surface area contributed by atoms with Gasteiger partial charge in [0.25, 0.3) is 5.69 Å². The molecule has 0 aliphatic carbocycles. The highest BCUT2D eigenvalue weighted by Crippen LogP contribution is 2.13. The van der Waals surface area contributed by atoms with E-state index in [0.717, 1.165) is 0 Å². The van der Waals surface area contributed by atoms with Gasteiger partial charge in [0, 0.05) is 6.07 Å². The van der Waals surface area contributed by atoms with Gasteiger partial charge in [-0.1, -0.05) is 0 Å². The summed E-state index contributed by atoms with van der Waals surface area (Å²) in [6.45, 7) is 0. The standard InChI is InChI=1S/C6H3BrN4O2/c7-6-8-5-2-1-4(11(12)13)3-10(5)9-6/h1-3H. The summed E-state index contributed by atoms with van der Waals surface area (Å²) >= 11 is 3.07. The summed E-state index contributed by atoms with van der Waals surface area (Å²) in [6, 6.07) is 2.92. The van der Waals surface area contributed by atoms with Crippen LogP contribution in [-0.2, 0) is 0 Å². The third-order valence-electron chi connectivity index (χ3n) is 1.50. The van der Waals surface area contributed by atoms with E-state index in [4.69, 9.17) is 0 Å². The molecule has 0 aromatic carbocycles. The lowest BCUT2D eigenvalue weighted by atomic mass is 10.4. The zero-order chi connectivity index (χ0) is 9.42. The SMILES string of the molecule is O=[N+]([O-])c1ccc2nc(Br)nn2c1. The van der Waals surface area contributed by atoms with Gasteiger partial charge in [0.1, 0.15) is 6.20 Å². The number of hydrogen-bond acceptors (Lipinski definition) is 4. The molecule has 7 heteroatoms. The van der Waals surface area contributed by atoms with Crippen molar-refractivity contribution in [2.24, 2.45) is 0 Å². The van der Waals surface area contributed by atoms with Gasteiger partial charge < -0.3 is 0 Å². The van der Waals surface area contributed by atoms with E-state index in [-0.39, 0.29) is 5.69 Å². The van der Waals surface area contributed by atoms with Crippen LogP contribution in [0.15, 0.2) is 23.1 Å². The highest BCUT2D eigenvalue weighted by atomic mass is 79.9. The molecule has 0 amide bonds. The molecule has 0 saturated carbocycles. The minimum atomic E-state index is -0.477. The molecule has 0 spiro atoms. The van der Waals surface area contributed by atoms with Crippen LogP contribution in [0.4, 0.5) is 5.69 Å². The monoisotopic (exact) mass is 242 g/mol. The third kappa shape index (κ3) is 1.37. The molecule has 0 N–H and O–H groups in total. The van der Waals surface area contributed by atoms with Gasteiger partial charge in [0.2, 0.25) is 4.73 Å². The van der Waals surface area contributed by atoms with E-state index in [0.29, 0.717) is 10.4 Å².